The fraction of sp³-hybridized carbons (Fsp3) is 0.300. The van der Waals surface area contributed by atoms with E-state index < -0.39 is 0 Å². The maximum Gasteiger partial charge on any atom is 0.150 e. The van der Waals surface area contributed by atoms with Gasteiger partial charge in [0.25, 0.3) is 0 Å². The first-order valence-corrected chi connectivity index (χ1v) is 4.03. The van der Waals surface area contributed by atoms with Gasteiger partial charge < -0.3 is 5.73 Å². The van der Waals surface area contributed by atoms with Gasteiger partial charge in [0.1, 0.15) is 6.29 Å². The second-order valence-corrected chi connectivity index (χ2v) is 2.87. The molecule has 0 radical (unpaired) electrons. The number of rotatable bonds is 2. The molecule has 0 atom stereocenters. The van der Waals surface area contributed by atoms with Crippen molar-refractivity contribution in [2.24, 2.45) is 0 Å². The molecule has 0 bridgehead atoms. The molecule has 0 fully saturated rings. The Morgan fingerprint density at radius 3 is 2.67 bits per heavy atom. The van der Waals surface area contributed by atoms with Crippen LogP contribution in [0.1, 0.15) is 28.4 Å². The predicted octanol–water partition coefficient (Wildman–Crippen LogP) is 1.95. The van der Waals surface area contributed by atoms with Gasteiger partial charge in [-0.3, -0.25) is 4.79 Å². The van der Waals surface area contributed by atoms with Crippen LogP contribution in [0.3, 0.4) is 0 Å². The van der Waals surface area contributed by atoms with Crippen molar-refractivity contribution < 1.29 is 4.79 Å². The molecule has 0 saturated carbocycles. The first-order valence-electron chi connectivity index (χ1n) is 4.03. The highest BCUT2D eigenvalue weighted by molar-refractivity contribution is 5.78. The molecule has 1 rings (SSSR count). The van der Waals surface area contributed by atoms with Crippen molar-refractivity contribution in [3.05, 3.63) is 28.8 Å². The summed E-state index contributed by atoms with van der Waals surface area (Å²) in [7, 11) is 0. The van der Waals surface area contributed by atoms with E-state index in [1.807, 2.05) is 13.0 Å². The summed E-state index contributed by atoms with van der Waals surface area (Å²) >= 11 is 0. The Kier molecular flexibility index (Phi) is 2.48. The van der Waals surface area contributed by atoms with E-state index in [1.165, 1.54) is 0 Å². The predicted molar refractivity (Wildman–Crippen MR) is 50.4 cm³/mol. The lowest BCUT2D eigenvalue weighted by molar-refractivity contribution is 0.112. The number of aldehydes is 1. The first-order chi connectivity index (χ1) is 5.69. The van der Waals surface area contributed by atoms with Crippen molar-refractivity contribution in [3.63, 3.8) is 0 Å². The van der Waals surface area contributed by atoms with E-state index in [0.717, 1.165) is 23.8 Å². The Balaban J connectivity index is 3.28. The van der Waals surface area contributed by atoms with Crippen molar-refractivity contribution in [1.82, 2.24) is 0 Å². The second-order valence-electron chi connectivity index (χ2n) is 2.87. The zero-order valence-electron chi connectivity index (χ0n) is 7.42. The summed E-state index contributed by atoms with van der Waals surface area (Å²) in [5, 5.41) is 0. The van der Waals surface area contributed by atoms with Gasteiger partial charge in [-0.2, -0.15) is 0 Å². The van der Waals surface area contributed by atoms with Crippen LogP contribution in [-0.4, -0.2) is 6.29 Å². The minimum absolute atomic E-state index is 0.662. The highest BCUT2D eigenvalue weighted by Gasteiger charge is 2.02. The number of benzene rings is 1. The number of nitrogen functional groups attached to an aromatic ring is 1. The minimum Gasteiger partial charge on any atom is -0.398 e. The number of carbonyl (C=O) groups is 1. The summed E-state index contributed by atoms with van der Waals surface area (Å²) < 4.78 is 0. The zero-order valence-corrected chi connectivity index (χ0v) is 7.42. The molecule has 0 heterocycles. The number of nitrogens with two attached hydrogens (primary N) is 1. The molecule has 1 aromatic rings. The molecule has 2 nitrogen and oxygen atoms in total. The standard InChI is InChI=1S/C10H13NO/c1-3-9-4-8(6-12)5-10(11)7(9)2/h4-6H,3,11H2,1-2H3. The maximum absolute atomic E-state index is 10.5. The van der Waals surface area contributed by atoms with E-state index in [2.05, 4.69) is 6.92 Å². The molecular formula is C10H13NO. The van der Waals surface area contributed by atoms with Crippen LogP contribution in [0.25, 0.3) is 0 Å². The Morgan fingerprint density at radius 2 is 2.17 bits per heavy atom. The third kappa shape index (κ3) is 1.47. The van der Waals surface area contributed by atoms with Gasteiger partial charge in [-0.05, 0) is 36.6 Å². The van der Waals surface area contributed by atoms with E-state index in [0.29, 0.717) is 11.3 Å². The van der Waals surface area contributed by atoms with E-state index in [4.69, 9.17) is 5.73 Å². The molecule has 1 aromatic carbocycles. The third-order valence-electron chi connectivity index (χ3n) is 2.09. The Labute approximate surface area is 72.4 Å². The molecule has 0 saturated heterocycles. The lowest BCUT2D eigenvalue weighted by atomic mass is 10.0. The van der Waals surface area contributed by atoms with Crippen LogP contribution in [0.2, 0.25) is 0 Å². The van der Waals surface area contributed by atoms with E-state index >= 15 is 0 Å². The van der Waals surface area contributed by atoms with Crippen molar-refractivity contribution in [2.45, 2.75) is 20.3 Å². The number of hydrogen-bond acceptors (Lipinski definition) is 2. The summed E-state index contributed by atoms with van der Waals surface area (Å²) in [6.45, 7) is 4.03. The van der Waals surface area contributed by atoms with E-state index in [9.17, 15) is 4.79 Å². The van der Waals surface area contributed by atoms with Crippen LogP contribution in [0.4, 0.5) is 5.69 Å². The van der Waals surface area contributed by atoms with Gasteiger partial charge in [-0.1, -0.05) is 6.92 Å². The molecular weight excluding hydrogens is 150 g/mol. The SMILES string of the molecule is CCc1cc(C=O)cc(N)c1C. The van der Waals surface area contributed by atoms with Gasteiger partial charge in [0.2, 0.25) is 0 Å². The van der Waals surface area contributed by atoms with Crippen LogP contribution in [-0.2, 0) is 6.42 Å². The Morgan fingerprint density at radius 1 is 1.50 bits per heavy atom. The van der Waals surface area contributed by atoms with Gasteiger partial charge in [0, 0.05) is 11.3 Å². The van der Waals surface area contributed by atoms with Crippen molar-refractivity contribution in [2.75, 3.05) is 5.73 Å². The molecule has 64 valence electrons. The maximum atomic E-state index is 10.5. The average molecular weight is 163 g/mol. The fourth-order valence-corrected chi connectivity index (χ4v) is 1.26. The highest BCUT2D eigenvalue weighted by atomic mass is 16.1. The second kappa shape index (κ2) is 3.39. The zero-order chi connectivity index (χ0) is 9.14. The van der Waals surface area contributed by atoms with Crippen LogP contribution in [0.5, 0.6) is 0 Å². The Hall–Kier alpha value is -1.31. The first kappa shape index (κ1) is 8.78. The van der Waals surface area contributed by atoms with E-state index in [-0.39, 0.29) is 0 Å². The summed E-state index contributed by atoms with van der Waals surface area (Å²) in [6.07, 6.45) is 1.74. The molecule has 0 aromatic heterocycles. The number of anilines is 1. The van der Waals surface area contributed by atoms with Gasteiger partial charge in [-0.15, -0.1) is 0 Å². The van der Waals surface area contributed by atoms with Crippen molar-refractivity contribution in [3.8, 4) is 0 Å². The monoisotopic (exact) mass is 163 g/mol. The molecule has 0 aliphatic rings. The topological polar surface area (TPSA) is 43.1 Å². The number of hydrogen-bond donors (Lipinski definition) is 1. The van der Waals surface area contributed by atoms with Crippen molar-refractivity contribution >= 4 is 12.0 Å². The fourth-order valence-electron chi connectivity index (χ4n) is 1.26. The number of aryl methyl sites for hydroxylation is 1. The number of carbonyl (C=O) groups excluding carboxylic acids is 1. The van der Waals surface area contributed by atoms with Gasteiger partial charge in [-0.25, -0.2) is 0 Å². The Bertz CT molecular complexity index is 305. The molecule has 2 heteroatoms. The molecule has 2 N–H and O–H groups in total. The molecule has 0 aliphatic heterocycles. The largest absolute Gasteiger partial charge is 0.398 e. The molecule has 0 spiro atoms. The quantitative estimate of drug-likeness (QED) is 0.535. The lowest BCUT2D eigenvalue weighted by Crippen LogP contribution is -1.97. The molecule has 12 heavy (non-hydrogen) atoms. The normalized spacial score (nSPS) is 9.83. The van der Waals surface area contributed by atoms with Crippen LogP contribution >= 0.6 is 0 Å². The third-order valence-corrected chi connectivity index (χ3v) is 2.09. The summed E-state index contributed by atoms with van der Waals surface area (Å²) in [6, 6.07) is 3.60. The van der Waals surface area contributed by atoms with Gasteiger partial charge in [0.15, 0.2) is 0 Å². The smallest absolute Gasteiger partial charge is 0.150 e. The average Bonchev–Trinajstić information content (AvgIpc) is 2.09. The molecule has 0 aliphatic carbocycles. The highest BCUT2D eigenvalue weighted by Crippen LogP contribution is 2.18. The lowest BCUT2D eigenvalue weighted by Gasteiger charge is -2.06. The van der Waals surface area contributed by atoms with E-state index in [1.54, 1.807) is 6.07 Å². The van der Waals surface area contributed by atoms with Crippen LogP contribution in [0.15, 0.2) is 12.1 Å². The van der Waals surface area contributed by atoms with Crippen molar-refractivity contribution in [1.29, 1.82) is 0 Å². The summed E-state index contributed by atoms with van der Waals surface area (Å²) in [5.74, 6) is 0. The van der Waals surface area contributed by atoms with Gasteiger partial charge in [0.05, 0.1) is 0 Å². The van der Waals surface area contributed by atoms with Gasteiger partial charge >= 0.3 is 0 Å². The molecule has 0 unspecified atom stereocenters. The summed E-state index contributed by atoms with van der Waals surface area (Å²) in [4.78, 5) is 10.5. The van der Waals surface area contributed by atoms with Crippen LogP contribution < -0.4 is 5.73 Å². The van der Waals surface area contributed by atoms with Crippen LogP contribution in [0, 0.1) is 6.92 Å². The minimum atomic E-state index is 0.662. The molecule has 0 amide bonds. The summed E-state index contributed by atoms with van der Waals surface area (Å²) in [5.41, 5.74) is 9.32.